The van der Waals surface area contributed by atoms with Crippen LogP contribution in [0.25, 0.3) is 10.6 Å². The summed E-state index contributed by atoms with van der Waals surface area (Å²) in [6.07, 6.45) is 0. The topological polar surface area (TPSA) is 34.2 Å². The smallest absolute Gasteiger partial charge is 0.125 e. The molecule has 0 aliphatic carbocycles. The number of methoxy groups -OCH3 is 1. The van der Waals surface area contributed by atoms with Gasteiger partial charge in [0, 0.05) is 24.1 Å². The molecule has 18 heavy (non-hydrogen) atoms. The maximum Gasteiger partial charge on any atom is 0.125 e. The molecule has 5 heteroatoms. The Labute approximate surface area is 116 Å². The Balaban J connectivity index is 2.40. The van der Waals surface area contributed by atoms with Gasteiger partial charge in [0.05, 0.1) is 17.3 Å². The van der Waals surface area contributed by atoms with Crippen LogP contribution in [0.2, 0.25) is 5.02 Å². The van der Waals surface area contributed by atoms with Gasteiger partial charge in [-0.3, -0.25) is 0 Å². The van der Waals surface area contributed by atoms with Crippen molar-refractivity contribution in [3.8, 4) is 10.6 Å². The zero-order valence-electron chi connectivity index (χ0n) is 10.4. The molecule has 0 saturated heterocycles. The van der Waals surface area contributed by atoms with Crippen LogP contribution in [0.15, 0.2) is 24.3 Å². The van der Waals surface area contributed by atoms with Crippen LogP contribution in [0.3, 0.4) is 0 Å². The molecular formula is C13H15ClN2OS. The van der Waals surface area contributed by atoms with Crippen LogP contribution in [0, 0.1) is 0 Å². The largest absolute Gasteiger partial charge is 0.378 e. The number of hydrogen-bond donors (Lipinski definition) is 1. The minimum absolute atomic E-state index is 0.526. The lowest BCUT2D eigenvalue weighted by molar-refractivity contribution is 0.181. The van der Waals surface area contributed by atoms with Gasteiger partial charge in [0.1, 0.15) is 5.01 Å². The maximum atomic E-state index is 6.19. The first-order valence-corrected chi connectivity index (χ1v) is 6.82. The Bertz CT molecular complexity index is 504. The molecule has 0 amide bonds. The van der Waals surface area contributed by atoms with Gasteiger partial charge in [0.15, 0.2) is 0 Å². The summed E-state index contributed by atoms with van der Waals surface area (Å²) in [5.74, 6) is 0. The molecule has 2 rings (SSSR count). The molecule has 1 heterocycles. The van der Waals surface area contributed by atoms with E-state index in [1.165, 1.54) is 4.88 Å². The fraction of sp³-hybridized carbons (Fsp3) is 0.308. The minimum Gasteiger partial charge on any atom is -0.378 e. The summed E-state index contributed by atoms with van der Waals surface area (Å²) in [7, 11) is 3.60. The number of benzene rings is 1. The summed E-state index contributed by atoms with van der Waals surface area (Å²) >= 11 is 7.85. The minimum atomic E-state index is 0.526. The van der Waals surface area contributed by atoms with Crippen molar-refractivity contribution in [2.24, 2.45) is 0 Å². The van der Waals surface area contributed by atoms with Gasteiger partial charge >= 0.3 is 0 Å². The molecule has 0 fully saturated rings. The third kappa shape index (κ3) is 2.90. The second-order valence-corrected chi connectivity index (χ2v) is 5.32. The highest BCUT2D eigenvalue weighted by Gasteiger charge is 2.13. The molecule has 0 unspecified atom stereocenters. The second kappa shape index (κ2) is 6.29. The molecule has 0 aliphatic rings. The van der Waals surface area contributed by atoms with E-state index in [0.717, 1.165) is 27.8 Å². The number of ether oxygens (including phenoxy) is 1. The molecule has 0 aliphatic heterocycles. The van der Waals surface area contributed by atoms with Crippen molar-refractivity contribution in [2.75, 3.05) is 14.2 Å². The predicted octanol–water partition coefficient (Wildman–Crippen LogP) is 3.33. The van der Waals surface area contributed by atoms with Gasteiger partial charge in [0.25, 0.3) is 0 Å². The fourth-order valence-corrected chi connectivity index (χ4v) is 3.08. The highest BCUT2D eigenvalue weighted by atomic mass is 35.5. The van der Waals surface area contributed by atoms with Crippen LogP contribution in [-0.2, 0) is 17.9 Å². The first kappa shape index (κ1) is 13.5. The van der Waals surface area contributed by atoms with E-state index in [1.807, 2.05) is 31.3 Å². The number of rotatable bonds is 5. The van der Waals surface area contributed by atoms with Crippen LogP contribution < -0.4 is 5.32 Å². The van der Waals surface area contributed by atoms with Gasteiger partial charge in [-0.2, -0.15) is 0 Å². The summed E-state index contributed by atoms with van der Waals surface area (Å²) in [5.41, 5.74) is 1.95. The second-order valence-electron chi connectivity index (χ2n) is 3.83. The molecular weight excluding hydrogens is 268 g/mol. The third-order valence-corrected chi connectivity index (χ3v) is 3.96. The lowest BCUT2D eigenvalue weighted by atomic mass is 10.2. The molecule has 0 radical (unpaired) electrons. The van der Waals surface area contributed by atoms with Crippen molar-refractivity contribution in [3.63, 3.8) is 0 Å². The third-order valence-electron chi connectivity index (χ3n) is 2.50. The van der Waals surface area contributed by atoms with Gasteiger partial charge in [-0.05, 0) is 13.1 Å². The first-order valence-electron chi connectivity index (χ1n) is 5.63. The SMILES string of the molecule is CNCc1sc(-c2ccccc2Cl)nc1COC. The van der Waals surface area contributed by atoms with Crippen LogP contribution in [0.4, 0.5) is 0 Å². The number of hydrogen-bond acceptors (Lipinski definition) is 4. The molecule has 0 spiro atoms. The molecule has 3 nitrogen and oxygen atoms in total. The van der Waals surface area contributed by atoms with E-state index in [4.69, 9.17) is 16.3 Å². The Morgan fingerprint density at radius 3 is 2.83 bits per heavy atom. The molecule has 1 aromatic heterocycles. The number of aromatic nitrogens is 1. The summed E-state index contributed by atoms with van der Waals surface area (Å²) in [5, 5.41) is 4.81. The Kier molecular flexibility index (Phi) is 4.72. The van der Waals surface area contributed by atoms with Crippen LogP contribution in [0.1, 0.15) is 10.6 Å². The van der Waals surface area contributed by atoms with E-state index in [1.54, 1.807) is 18.4 Å². The van der Waals surface area contributed by atoms with Gasteiger partial charge < -0.3 is 10.1 Å². The van der Waals surface area contributed by atoms with Gasteiger partial charge in [-0.1, -0.05) is 29.8 Å². The highest BCUT2D eigenvalue weighted by Crippen LogP contribution is 2.33. The van der Waals surface area contributed by atoms with Crippen LogP contribution >= 0.6 is 22.9 Å². The number of halogens is 1. The molecule has 0 atom stereocenters. The van der Waals surface area contributed by atoms with Crippen molar-refractivity contribution in [2.45, 2.75) is 13.2 Å². The summed E-state index contributed by atoms with van der Waals surface area (Å²) in [6, 6.07) is 7.76. The van der Waals surface area contributed by atoms with Gasteiger partial charge in [-0.15, -0.1) is 11.3 Å². The van der Waals surface area contributed by atoms with Crippen LogP contribution in [0.5, 0.6) is 0 Å². The van der Waals surface area contributed by atoms with Crippen molar-refractivity contribution in [1.82, 2.24) is 10.3 Å². The van der Waals surface area contributed by atoms with E-state index in [2.05, 4.69) is 10.3 Å². The van der Waals surface area contributed by atoms with E-state index >= 15 is 0 Å². The molecule has 2 aromatic rings. The Morgan fingerprint density at radius 2 is 2.17 bits per heavy atom. The summed E-state index contributed by atoms with van der Waals surface area (Å²) < 4.78 is 5.18. The fourth-order valence-electron chi connectivity index (χ4n) is 1.68. The summed E-state index contributed by atoms with van der Waals surface area (Å²) in [4.78, 5) is 5.81. The lowest BCUT2D eigenvalue weighted by Crippen LogP contribution is -2.06. The Morgan fingerprint density at radius 1 is 1.39 bits per heavy atom. The zero-order chi connectivity index (χ0) is 13.0. The molecule has 1 aromatic carbocycles. The average molecular weight is 283 g/mol. The lowest BCUT2D eigenvalue weighted by Gasteiger charge is -1.98. The van der Waals surface area contributed by atoms with E-state index < -0.39 is 0 Å². The Hall–Kier alpha value is -0.940. The van der Waals surface area contributed by atoms with E-state index in [0.29, 0.717) is 6.61 Å². The maximum absolute atomic E-state index is 6.19. The van der Waals surface area contributed by atoms with Crippen molar-refractivity contribution in [3.05, 3.63) is 39.9 Å². The standard InChI is InChI=1S/C13H15ClN2OS/c1-15-7-12-11(8-17-2)16-13(18-12)9-5-3-4-6-10(9)14/h3-6,15H,7-8H2,1-2H3. The van der Waals surface area contributed by atoms with Crippen LogP contribution in [-0.4, -0.2) is 19.1 Å². The zero-order valence-corrected chi connectivity index (χ0v) is 11.9. The normalized spacial score (nSPS) is 10.8. The highest BCUT2D eigenvalue weighted by molar-refractivity contribution is 7.15. The number of thiazole rings is 1. The molecule has 96 valence electrons. The number of nitrogens with zero attached hydrogens (tertiary/aromatic N) is 1. The van der Waals surface area contributed by atoms with E-state index in [9.17, 15) is 0 Å². The average Bonchev–Trinajstić information content (AvgIpc) is 2.74. The molecule has 0 bridgehead atoms. The first-order chi connectivity index (χ1) is 8.76. The monoisotopic (exact) mass is 282 g/mol. The van der Waals surface area contributed by atoms with E-state index in [-0.39, 0.29) is 0 Å². The van der Waals surface area contributed by atoms with Crippen molar-refractivity contribution in [1.29, 1.82) is 0 Å². The quantitative estimate of drug-likeness (QED) is 0.913. The molecule has 0 saturated carbocycles. The van der Waals surface area contributed by atoms with Gasteiger partial charge in [-0.25, -0.2) is 4.98 Å². The molecule has 1 N–H and O–H groups in total. The van der Waals surface area contributed by atoms with Crippen molar-refractivity contribution < 1.29 is 4.74 Å². The van der Waals surface area contributed by atoms with Gasteiger partial charge in [0.2, 0.25) is 0 Å². The van der Waals surface area contributed by atoms with Crippen molar-refractivity contribution >= 4 is 22.9 Å². The number of nitrogens with one attached hydrogen (secondary N) is 1. The summed E-state index contributed by atoms with van der Waals surface area (Å²) in [6.45, 7) is 1.32. The predicted molar refractivity (Wildman–Crippen MR) is 76.0 cm³/mol.